The van der Waals surface area contributed by atoms with Crippen LogP contribution in [-0.2, 0) is 4.84 Å². The summed E-state index contributed by atoms with van der Waals surface area (Å²) in [6, 6.07) is 11.9. The first-order valence-electron chi connectivity index (χ1n) is 7.35. The third-order valence-electron chi connectivity index (χ3n) is 4.07. The number of fused-ring (bicyclic) bond motifs is 2. The van der Waals surface area contributed by atoms with Crippen molar-refractivity contribution in [2.24, 2.45) is 0 Å². The lowest BCUT2D eigenvalue weighted by Gasteiger charge is -2.12. The molecule has 1 aliphatic heterocycles. The third kappa shape index (κ3) is 1.93. The van der Waals surface area contributed by atoms with Crippen LogP contribution in [0.1, 0.15) is 36.6 Å². The monoisotopic (exact) mass is 320 g/mol. The van der Waals surface area contributed by atoms with Gasteiger partial charge in [-0.25, -0.2) is 4.79 Å². The summed E-state index contributed by atoms with van der Waals surface area (Å²) in [5.74, 6) is -2.04. The van der Waals surface area contributed by atoms with Crippen molar-refractivity contribution in [2.45, 2.75) is 6.92 Å². The summed E-state index contributed by atoms with van der Waals surface area (Å²) >= 11 is 0. The molecule has 2 heterocycles. The highest BCUT2D eigenvalue weighted by Crippen LogP contribution is 2.26. The van der Waals surface area contributed by atoms with Gasteiger partial charge >= 0.3 is 5.97 Å². The second kappa shape index (κ2) is 5.06. The standard InChI is InChI=1S/C18H12N2O4/c1-10-5-4-8-14-15(10)13(9-19-14)18(23)24-20-16(21)11-6-2-3-7-12(11)17(20)22/h2-9,19H,1H3. The smallest absolute Gasteiger partial charge is 0.360 e. The molecule has 2 amide bonds. The van der Waals surface area contributed by atoms with Crippen LogP contribution in [-0.4, -0.2) is 27.8 Å². The number of hydroxylamine groups is 2. The summed E-state index contributed by atoms with van der Waals surface area (Å²) in [5, 5.41) is 1.23. The number of carbonyl (C=O) groups is 3. The number of aromatic amines is 1. The zero-order valence-corrected chi connectivity index (χ0v) is 12.7. The van der Waals surface area contributed by atoms with Crippen LogP contribution < -0.4 is 0 Å². The minimum atomic E-state index is -0.759. The number of carbonyl (C=O) groups excluding carboxylic acids is 3. The molecule has 4 rings (SSSR count). The number of aryl methyl sites for hydroxylation is 1. The van der Waals surface area contributed by atoms with Gasteiger partial charge in [0.15, 0.2) is 0 Å². The van der Waals surface area contributed by atoms with Gasteiger partial charge in [0, 0.05) is 17.1 Å². The topological polar surface area (TPSA) is 79.5 Å². The van der Waals surface area contributed by atoms with Crippen molar-refractivity contribution in [1.82, 2.24) is 10.0 Å². The van der Waals surface area contributed by atoms with E-state index in [0.717, 1.165) is 11.1 Å². The second-order valence-electron chi connectivity index (χ2n) is 5.53. The molecule has 0 saturated carbocycles. The molecule has 3 aromatic rings. The number of hydrogen-bond acceptors (Lipinski definition) is 4. The van der Waals surface area contributed by atoms with Crippen molar-refractivity contribution < 1.29 is 19.2 Å². The molecule has 6 nitrogen and oxygen atoms in total. The summed E-state index contributed by atoms with van der Waals surface area (Å²) in [4.78, 5) is 45.1. The first kappa shape index (κ1) is 14.2. The normalized spacial score (nSPS) is 13.5. The van der Waals surface area contributed by atoms with Gasteiger partial charge in [-0.15, -0.1) is 0 Å². The zero-order chi connectivity index (χ0) is 16.8. The maximum atomic E-state index is 12.5. The van der Waals surface area contributed by atoms with Crippen LogP contribution >= 0.6 is 0 Å². The largest absolute Gasteiger partial charge is 0.366 e. The molecule has 24 heavy (non-hydrogen) atoms. The Morgan fingerprint density at radius 3 is 2.33 bits per heavy atom. The lowest BCUT2D eigenvalue weighted by molar-refractivity contribution is -0.0583. The fourth-order valence-electron chi connectivity index (χ4n) is 2.91. The number of amides is 2. The molecule has 0 fully saturated rings. The van der Waals surface area contributed by atoms with E-state index in [0.29, 0.717) is 10.4 Å². The van der Waals surface area contributed by atoms with Crippen molar-refractivity contribution in [1.29, 1.82) is 0 Å². The number of nitrogens with zero attached hydrogens (tertiary/aromatic N) is 1. The van der Waals surface area contributed by atoms with Crippen molar-refractivity contribution in [3.63, 3.8) is 0 Å². The fourth-order valence-corrected chi connectivity index (χ4v) is 2.91. The number of hydrogen-bond donors (Lipinski definition) is 1. The summed E-state index contributed by atoms with van der Waals surface area (Å²) in [7, 11) is 0. The summed E-state index contributed by atoms with van der Waals surface area (Å²) in [6.45, 7) is 1.87. The molecular weight excluding hydrogens is 308 g/mol. The predicted octanol–water partition coefficient (Wildman–Crippen LogP) is 2.84. The van der Waals surface area contributed by atoms with Crippen LogP contribution in [0.15, 0.2) is 48.7 Å². The minimum Gasteiger partial charge on any atom is -0.360 e. The van der Waals surface area contributed by atoms with Crippen molar-refractivity contribution >= 4 is 28.7 Å². The molecule has 2 aromatic carbocycles. The molecule has 0 unspecified atom stereocenters. The lowest BCUT2D eigenvalue weighted by Crippen LogP contribution is -2.32. The van der Waals surface area contributed by atoms with E-state index in [4.69, 9.17) is 4.84 Å². The van der Waals surface area contributed by atoms with Crippen molar-refractivity contribution in [3.8, 4) is 0 Å². The number of benzene rings is 2. The van der Waals surface area contributed by atoms with E-state index in [1.54, 1.807) is 12.1 Å². The maximum absolute atomic E-state index is 12.5. The van der Waals surface area contributed by atoms with Gasteiger partial charge in [-0.2, -0.15) is 0 Å². The molecular formula is C18H12N2O4. The van der Waals surface area contributed by atoms with Gasteiger partial charge in [0.1, 0.15) is 0 Å². The number of nitrogens with one attached hydrogen (secondary N) is 1. The van der Waals surface area contributed by atoms with Crippen LogP contribution in [0.25, 0.3) is 10.9 Å². The predicted molar refractivity (Wildman–Crippen MR) is 85.4 cm³/mol. The van der Waals surface area contributed by atoms with E-state index in [9.17, 15) is 14.4 Å². The van der Waals surface area contributed by atoms with E-state index < -0.39 is 17.8 Å². The average Bonchev–Trinajstić information content (AvgIpc) is 3.12. The lowest BCUT2D eigenvalue weighted by atomic mass is 10.1. The Kier molecular flexibility index (Phi) is 2.99. The van der Waals surface area contributed by atoms with Gasteiger partial charge in [-0.3, -0.25) is 9.59 Å². The van der Waals surface area contributed by atoms with Crippen LogP contribution in [0.3, 0.4) is 0 Å². The van der Waals surface area contributed by atoms with Gasteiger partial charge in [0.25, 0.3) is 11.8 Å². The highest BCUT2D eigenvalue weighted by Gasteiger charge is 2.39. The first-order chi connectivity index (χ1) is 11.6. The van der Waals surface area contributed by atoms with Crippen LogP contribution in [0.2, 0.25) is 0 Å². The Bertz CT molecular complexity index is 984. The van der Waals surface area contributed by atoms with E-state index in [-0.39, 0.29) is 16.7 Å². The molecule has 1 aromatic heterocycles. The molecule has 0 atom stereocenters. The second-order valence-corrected chi connectivity index (χ2v) is 5.53. The Morgan fingerprint density at radius 1 is 1.00 bits per heavy atom. The Balaban J connectivity index is 1.68. The van der Waals surface area contributed by atoms with Crippen molar-refractivity contribution in [3.05, 3.63) is 70.9 Å². The van der Waals surface area contributed by atoms with Gasteiger partial charge in [-0.05, 0) is 30.7 Å². The van der Waals surface area contributed by atoms with E-state index in [1.807, 2.05) is 25.1 Å². The van der Waals surface area contributed by atoms with Gasteiger partial charge in [0.2, 0.25) is 0 Å². The Hall–Kier alpha value is -3.41. The highest BCUT2D eigenvalue weighted by atomic mass is 16.7. The summed E-state index contributed by atoms with van der Waals surface area (Å²) < 4.78 is 0. The molecule has 6 heteroatoms. The number of aromatic nitrogens is 1. The molecule has 0 spiro atoms. The minimum absolute atomic E-state index is 0.227. The molecule has 0 saturated heterocycles. The van der Waals surface area contributed by atoms with E-state index in [2.05, 4.69) is 4.98 Å². The Labute approximate surface area is 136 Å². The van der Waals surface area contributed by atoms with Gasteiger partial charge < -0.3 is 9.82 Å². The Morgan fingerprint density at radius 2 is 1.67 bits per heavy atom. The quantitative estimate of drug-likeness (QED) is 0.736. The summed E-state index contributed by atoms with van der Waals surface area (Å²) in [5.41, 5.74) is 2.41. The SMILES string of the molecule is Cc1cccc2[nH]cc(C(=O)ON3C(=O)c4ccccc4C3=O)c12. The van der Waals surface area contributed by atoms with E-state index in [1.165, 1.54) is 18.3 Å². The van der Waals surface area contributed by atoms with Crippen LogP contribution in [0, 0.1) is 6.92 Å². The molecule has 0 radical (unpaired) electrons. The average molecular weight is 320 g/mol. The van der Waals surface area contributed by atoms with Crippen LogP contribution in [0.4, 0.5) is 0 Å². The summed E-state index contributed by atoms with van der Waals surface area (Å²) in [6.07, 6.45) is 1.51. The third-order valence-corrected chi connectivity index (χ3v) is 4.07. The highest BCUT2D eigenvalue weighted by molar-refractivity contribution is 6.21. The molecule has 1 aliphatic rings. The zero-order valence-electron chi connectivity index (χ0n) is 12.7. The molecule has 118 valence electrons. The maximum Gasteiger partial charge on any atom is 0.366 e. The van der Waals surface area contributed by atoms with Crippen molar-refractivity contribution in [2.75, 3.05) is 0 Å². The van der Waals surface area contributed by atoms with E-state index >= 15 is 0 Å². The molecule has 1 N–H and O–H groups in total. The first-order valence-corrected chi connectivity index (χ1v) is 7.35. The molecule has 0 bridgehead atoms. The fraction of sp³-hybridized carbons (Fsp3) is 0.0556. The number of H-pyrrole nitrogens is 1. The number of rotatable bonds is 2. The van der Waals surface area contributed by atoms with Gasteiger partial charge in [-0.1, -0.05) is 29.3 Å². The van der Waals surface area contributed by atoms with Gasteiger partial charge in [0.05, 0.1) is 16.7 Å². The molecule has 0 aliphatic carbocycles. The van der Waals surface area contributed by atoms with Crippen LogP contribution in [0.5, 0.6) is 0 Å². The number of imide groups is 1.